The number of ether oxygens (including phenoxy) is 1. The number of nitrogens with two attached hydrogens (primary N) is 1. The molecule has 1 amide bonds. The fraction of sp³-hybridized carbons (Fsp3) is 0.480. The summed E-state index contributed by atoms with van der Waals surface area (Å²) >= 11 is 2.84. The highest BCUT2D eigenvalue weighted by Gasteiger charge is 2.28. The smallest absolute Gasteiger partial charge is 0.341 e. The van der Waals surface area contributed by atoms with Crippen LogP contribution in [0.25, 0.3) is 10.2 Å². The summed E-state index contributed by atoms with van der Waals surface area (Å²) in [5.74, 6) is -0.644. The summed E-state index contributed by atoms with van der Waals surface area (Å²) in [6, 6.07) is 2.13. The van der Waals surface area contributed by atoms with Gasteiger partial charge >= 0.3 is 5.97 Å². The molecule has 0 saturated carbocycles. The molecule has 3 aromatic rings. The number of aromatic nitrogens is 1. The number of esters is 1. The van der Waals surface area contributed by atoms with Crippen LogP contribution in [-0.4, -0.2) is 23.5 Å². The van der Waals surface area contributed by atoms with Crippen molar-refractivity contribution in [3.05, 3.63) is 38.2 Å². The number of carbonyl (C=O) groups excluding carboxylic acids is 2. The molecule has 174 valence electrons. The predicted octanol–water partition coefficient (Wildman–Crippen LogP) is 5.91. The van der Waals surface area contributed by atoms with Gasteiger partial charge in [-0.2, -0.15) is 0 Å². The Balaban J connectivity index is 1.49. The third kappa shape index (κ3) is 4.26. The van der Waals surface area contributed by atoms with E-state index in [0.29, 0.717) is 27.7 Å². The number of nitrogen functional groups attached to an aromatic ring is 1. The molecule has 3 N–H and O–H groups in total. The van der Waals surface area contributed by atoms with Gasteiger partial charge in [0.15, 0.2) is 0 Å². The van der Waals surface area contributed by atoms with E-state index in [2.05, 4.69) is 11.4 Å². The molecule has 0 radical (unpaired) electrons. The quantitative estimate of drug-likeness (QED) is 0.355. The second kappa shape index (κ2) is 9.43. The Hall–Kier alpha value is -2.45. The Morgan fingerprint density at radius 1 is 1.06 bits per heavy atom. The van der Waals surface area contributed by atoms with Gasteiger partial charge in [0.05, 0.1) is 17.9 Å². The van der Waals surface area contributed by atoms with Crippen LogP contribution >= 0.6 is 22.7 Å². The largest absolute Gasteiger partial charge is 0.462 e. The first-order valence-corrected chi connectivity index (χ1v) is 13.5. The van der Waals surface area contributed by atoms with Crippen molar-refractivity contribution in [2.45, 2.75) is 71.1 Å². The first kappa shape index (κ1) is 22.3. The van der Waals surface area contributed by atoms with Gasteiger partial charge in [-0.25, -0.2) is 9.78 Å². The topological polar surface area (TPSA) is 94.3 Å². The van der Waals surface area contributed by atoms with E-state index in [0.717, 1.165) is 79.3 Å². The number of hydrogen-bond acceptors (Lipinski definition) is 7. The van der Waals surface area contributed by atoms with Gasteiger partial charge in [-0.3, -0.25) is 4.79 Å². The lowest BCUT2D eigenvalue weighted by molar-refractivity contribution is 0.0527. The molecule has 33 heavy (non-hydrogen) atoms. The molecule has 2 aliphatic carbocycles. The van der Waals surface area contributed by atoms with Crippen molar-refractivity contribution < 1.29 is 14.3 Å². The van der Waals surface area contributed by atoms with E-state index in [1.807, 2.05) is 0 Å². The number of anilines is 2. The van der Waals surface area contributed by atoms with Crippen LogP contribution in [0.3, 0.4) is 0 Å². The van der Waals surface area contributed by atoms with Crippen LogP contribution in [-0.2, 0) is 30.4 Å². The molecule has 0 atom stereocenters. The summed E-state index contributed by atoms with van der Waals surface area (Å²) in [4.78, 5) is 33.5. The van der Waals surface area contributed by atoms with E-state index in [4.69, 9.17) is 15.5 Å². The fourth-order valence-electron chi connectivity index (χ4n) is 4.91. The van der Waals surface area contributed by atoms with Gasteiger partial charge in [-0.1, -0.05) is 12.8 Å². The number of nitrogens with zero attached hydrogens (tertiary/aromatic N) is 1. The highest BCUT2D eigenvalue weighted by molar-refractivity contribution is 7.21. The number of hydrogen-bond donors (Lipinski definition) is 2. The molecule has 0 spiro atoms. The van der Waals surface area contributed by atoms with Crippen molar-refractivity contribution in [1.82, 2.24) is 4.98 Å². The molecule has 0 bridgehead atoms. The minimum absolute atomic E-state index is 0.285. The van der Waals surface area contributed by atoms with E-state index in [1.165, 1.54) is 39.5 Å². The first-order chi connectivity index (χ1) is 16.1. The third-order valence-electron chi connectivity index (χ3n) is 6.58. The van der Waals surface area contributed by atoms with Gasteiger partial charge in [-0.15, -0.1) is 22.7 Å². The first-order valence-electron chi connectivity index (χ1n) is 11.9. The summed E-state index contributed by atoms with van der Waals surface area (Å²) in [5.41, 5.74) is 10.9. The maximum Gasteiger partial charge on any atom is 0.341 e. The number of pyridine rings is 1. The van der Waals surface area contributed by atoms with E-state index in [-0.39, 0.29) is 11.9 Å². The zero-order valence-electron chi connectivity index (χ0n) is 18.9. The van der Waals surface area contributed by atoms with Crippen molar-refractivity contribution in [2.75, 3.05) is 17.7 Å². The average Bonchev–Trinajstić information content (AvgIpc) is 3.07. The second-order valence-electron chi connectivity index (χ2n) is 8.80. The van der Waals surface area contributed by atoms with Gasteiger partial charge < -0.3 is 15.8 Å². The van der Waals surface area contributed by atoms with Gasteiger partial charge in [0.1, 0.15) is 14.7 Å². The van der Waals surface area contributed by atoms with Gasteiger partial charge in [-0.05, 0) is 75.5 Å². The minimum Gasteiger partial charge on any atom is -0.462 e. The lowest BCUT2D eigenvalue weighted by Crippen LogP contribution is -2.15. The molecule has 8 heteroatoms. The highest BCUT2D eigenvalue weighted by atomic mass is 32.1. The number of amides is 1. The third-order valence-corrected chi connectivity index (χ3v) is 8.90. The maximum absolute atomic E-state index is 13.3. The van der Waals surface area contributed by atoms with Crippen LogP contribution < -0.4 is 11.1 Å². The summed E-state index contributed by atoms with van der Waals surface area (Å²) in [5, 5.41) is 4.44. The molecule has 3 aromatic heterocycles. The van der Waals surface area contributed by atoms with Crippen LogP contribution in [0.2, 0.25) is 0 Å². The summed E-state index contributed by atoms with van der Waals surface area (Å²) < 4.78 is 5.34. The molecule has 0 unspecified atom stereocenters. The molecule has 0 aliphatic heterocycles. The van der Waals surface area contributed by atoms with Crippen molar-refractivity contribution >= 4 is 55.5 Å². The molecule has 2 aliphatic rings. The predicted molar refractivity (Wildman–Crippen MR) is 135 cm³/mol. The van der Waals surface area contributed by atoms with E-state index in [9.17, 15) is 9.59 Å². The Labute approximate surface area is 201 Å². The van der Waals surface area contributed by atoms with Crippen molar-refractivity contribution in [1.29, 1.82) is 0 Å². The van der Waals surface area contributed by atoms with Crippen LogP contribution in [0.4, 0.5) is 10.7 Å². The van der Waals surface area contributed by atoms with Crippen molar-refractivity contribution in [3.63, 3.8) is 0 Å². The highest BCUT2D eigenvalue weighted by Crippen LogP contribution is 2.40. The molecular formula is C25H29N3O3S2. The number of nitrogens with one attached hydrogen (secondary N) is 1. The molecule has 0 saturated heterocycles. The lowest BCUT2D eigenvalue weighted by atomic mass is 10.1. The molecule has 0 aromatic carbocycles. The zero-order valence-corrected chi connectivity index (χ0v) is 20.6. The van der Waals surface area contributed by atoms with E-state index in [1.54, 1.807) is 6.92 Å². The molecule has 5 rings (SSSR count). The number of aryl methyl sites for hydroxylation is 3. The average molecular weight is 484 g/mol. The molecular weight excluding hydrogens is 454 g/mol. The molecule has 6 nitrogen and oxygen atoms in total. The number of rotatable bonds is 4. The molecule has 3 heterocycles. The Kier molecular flexibility index (Phi) is 6.38. The SMILES string of the molecule is CCOC(=O)c1c(NC(=O)c2sc3nc4c(cc3c2N)CCCCC4)sc2c1CCCCC2. The summed E-state index contributed by atoms with van der Waals surface area (Å²) in [7, 11) is 0. The van der Waals surface area contributed by atoms with Gasteiger partial charge in [0, 0.05) is 16.0 Å². The fourth-order valence-corrected chi connectivity index (χ4v) is 7.18. The van der Waals surface area contributed by atoms with Crippen LogP contribution in [0.1, 0.15) is 87.2 Å². The van der Waals surface area contributed by atoms with Gasteiger partial charge in [0.2, 0.25) is 0 Å². The normalized spacial score (nSPS) is 15.9. The minimum atomic E-state index is -0.359. The zero-order chi connectivity index (χ0) is 22.9. The number of fused-ring (bicyclic) bond motifs is 3. The lowest BCUT2D eigenvalue weighted by Gasteiger charge is -2.08. The van der Waals surface area contributed by atoms with Crippen LogP contribution in [0, 0.1) is 0 Å². The summed E-state index contributed by atoms with van der Waals surface area (Å²) in [6.07, 6.45) is 10.6. The van der Waals surface area contributed by atoms with Crippen LogP contribution in [0.5, 0.6) is 0 Å². The Morgan fingerprint density at radius 3 is 2.64 bits per heavy atom. The van der Waals surface area contributed by atoms with E-state index < -0.39 is 0 Å². The summed E-state index contributed by atoms with van der Waals surface area (Å²) in [6.45, 7) is 2.10. The van der Waals surface area contributed by atoms with E-state index >= 15 is 0 Å². The van der Waals surface area contributed by atoms with Crippen molar-refractivity contribution in [2.24, 2.45) is 0 Å². The molecule has 0 fully saturated rings. The van der Waals surface area contributed by atoms with Gasteiger partial charge in [0.25, 0.3) is 5.91 Å². The van der Waals surface area contributed by atoms with Crippen LogP contribution in [0.15, 0.2) is 6.07 Å². The number of thiophene rings is 2. The number of carbonyl (C=O) groups is 2. The standard InChI is InChI=1S/C25H29N3O3S2/c1-2-31-25(30)19-15-10-6-4-8-12-18(15)32-24(19)28-22(29)21-20(26)16-13-14-9-5-3-7-11-17(14)27-23(16)33-21/h13H,2-12,26H2,1H3,(H,28,29). The second-order valence-corrected chi connectivity index (χ2v) is 10.9. The van der Waals surface area contributed by atoms with Crippen molar-refractivity contribution in [3.8, 4) is 0 Å². The monoisotopic (exact) mass is 483 g/mol. The Morgan fingerprint density at radius 2 is 1.82 bits per heavy atom. The Bertz CT molecular complexity index is 1230. The maximum atomic E-state index is 13.3.